The van der Waals surface area contributed by atoms with Crippen molar-refractivity contribution in [2.24, 2.45) is 7.05 Å². The summed E-state index contributed by atoms with van der Waals surface area (Å²) in [5.41, 5.74) is 1.83. The third-order valence-electron chi connectivity index (χ3n) is 1.65. The second kappa shape index (κ2) is 3.36. The Balaban J connectivity index is 3.14. The van der Waals surface area contributed by atoms with Gasteiger partial charge < -0.3 is 5.11 Å². The van der Waals surface area contributed by atoms with E-state index in [0.717, 1.165) is 16.6 Å². The van der Waals surface area contributed by atoms with E-state index in [2.05, 4.69) is 28.0 Å². The van der Waals surface area contributed by atoms with Crippen molar-refractivity contribution in [3.05, 3.63) is 15.9 Å². The van der Waals surface area contributed by atoms with Crippen LogP contribution in [-0.4, -0.2) is 14.9 Å². The van der Waals surface area contributed by atoms with Gasteiger partial charge in [-0.15, -0.1) is 0 Å². The van der Waals surface area contributed by atoms with Crippen molar-refractivity contribution in [3.8, 4) is 0 Å². The molecule has 3 nitrogen and oxygen atoms in total. The molecule has 0 aliphatic carbocycles. The third kappa shape index (κ3) is 1.46. The summed E-state index contributed by atoms with van der Waals surface area (Å²) < 4.78 is 2.72. The molecule has 0 radical (unpaired) electrons. The number of hydrogen-bond acceptors (Lipinski definition) is 2. The molecular formula is C7H11BrN2O. The minimum absolute atomic E-state index is 0.00553. The quantitative estimate of drug-likeness (QED) is 0.812. The van der Waals surface area contributed by atoms with E-state index in [1.54, 1.807) is 4.68 Å². The Morgan fingerprint density at radius 2 is 2.27 bits per heavy atom. The van der Waals surface area contributed by atoms with Gasteiger partial charge >= 0.3 is 0 Å². The van der Waals surface area contributed by atoms with Crippen LogP contribution in [0.4, 0.5) is 0 Å². The lowest BCUT2D eigenvalue weighted by Gasteiger charge is -1.95. The van der Waals surface area contributed by atoms with E-state index in [4.69, 9.17) is 5.11 Å². The molecule has 0 amide bonds. The number of halogens is 1. The van der Waals surface area contributed by atoms with Gasteiger partial charge in [0.25, 0.3) is 0 Å². The number of aryl methyl sites for hydroxylation is 1. The largest absolute Gasteiger partial charge is 0.390 e. The highest BCUT2D eigenvalue weighted by molar-refractivity contribution is 9.10. The van der Waals surface area contributed by atoms with Crippen LogP contribution in [-0.2, 0) is 20.1 Å². The number of nitrogens with zero attached hydrogens (tertiary/aromatic N) is 2. The van der Waals surface area contributed by atoms with Gasteiger partial charge in [0.15, 0.2) is 0 Å². The predicted molar refractivity (Wildman–Crippen MR) is 46.2 cm³/mol. The molecule has 62 valence electrons. The number of rotatable bonds is 2. The molecule has 0 fully saturated rings. The SMILES string of the molecule is CCc1c(Br)c(CO)nn1C. The maximum Gasteiger partial charge on any atom is 0.102 e. The fourth-order valence-electron chi connectivity index (χ4n) is 1.08. The van der Waals surface area contributed by atoms with Gasteiger partial charge in [0, 0.05) is 7.05 Å². The molecule has 0 bridgehead atoms. The monoisotopic (exact) mass is 218 g/mol. The van der Waals surface area contributed by atoms with E-state index in [1.807, 2.05) is 7.05 Å². The van der Waals surface area contributed by atoms with Crippen LogP contribution in [0.1, 0.15) is 18.3 Å². The van der Waals surface area contributed by atoms with Gasteiger partial charge in [-0.05, 0) is 22.4 Å². The molecule has 1 rings (SSSR count). The van der Waals surface area contributed by atoms with E-state index in [-0.39, 0.29) is 6.61 Å². The molecule has 0 aliphatic rings. The van der Waals surface area contributed by atoms with E-state index >= 15 is 0 Å². The Bertz CT molecular complexity index is 257. The summed E-state index contributed by atoms with van der Waals surface area (Å²) in [5, 5.41) is 13.0. The zero-order chi connectivity index (χ0) is 8.43. The van der Waals surface area contributed by atoms with Crippen LogP contribution >= 0.6 is 15.9 Å². The van der Waals surface area contributed by atoms with Crippen molar-refractivity contribution in [2.45, 2.75) is 20.0 Å². The van der Waals surface area contributed by atoms with Gasteiger partial charge in [0.05, 0.1) is 16.8 Å². The van der Waals surface area contributed by atoms with Crippen molar-refractivity contribution in [1.82, 2.24) is 9.78 Å². The molecule has 4 heteroatoms. The molecule has 1 N–H and O–H groups in total. The molecule has 0 saturated heterocycles. The van der Waals surface area contributed by atoms with Gasteiger partial charge in [0.2, 0.25) is 0 Å². The summed E-state index contributed by atoms with van der Waals surface area (Å²) >= 11 is 3.38. The van der Waals surface area contributed by atoms with Gasteiger partial charge in [0.1, 0.15) is 5.69 Å². The first kappa shape index (κ1) is 8.74. The lowest BCUT2D eigenvalue weighted by Crippen LogP contribution is -1.96. The van der Waals surface area contributed by atoms with Crippen LogP contribution in [0.2, 0.25) is 0 Å². The van der Waals surface area contributed by atoms with Crippen LogP contribution in [0.25, 0.3) is 0 Å². The molecule has 1 heterocycles. The van der Waals surface area contributed by atoms with Crippen molar-refractivity contribution in [3.63, 3.8) is 0 Å². The van der Waals surface area contributed by atoms with Crippen molar-refractivity contribution in [2.75, 3.05) is 0 Å². The average Bonchev–Trinajstić information content (AvgIpc) is 2.26. The van der Waals surface area contributed by atoms with Gasteiger partial charge in [-0.1, -0.05) is 6.92 Å². The first-order valence-electron chi connectivity index (χ1n) is 3.51. The smallest absolute Gasteiger partial charge is 0.102 e. The zero-order valence-corrected chi connectivity index (χ0v) is 8.22. The Morgan fingerprint density at radius 1 is 1.64 bits per heavy atom. The van der Waals surface area contributed by atoms with Crippen LogP contribution in [0.5, 0.6) is 0 Å². The van der Waals surface area contributed by atoms with Crippen LogP contribution < -0.4 is 0 Å². The number of aliphatic hydroxyl groups excluding tert-OH is 1. The maximum atomic E-state index is 8.85. The summed E-state index contributed by atoms with van der Waals surface area (Å²) in [6.45, 7) is 2.05. The molecule has 0 saturated carbocycles. The van der Waals surface area contributed by atoms with Gasteiger partial charge in [-0.3, -0.25) is 4.68 Å². The first-order valence-corrected chi connectivity index (χ1v) is 4.31. The number of aliphatic hydroxyl groups is 1. The standard InChI is InChI=1S/C7H11BrN2O/c1-3-6-7(8)5(4-11)9-10(6)2/h11H,3-4H2,1-2H3. The van der Waals surface area contributed by atoms with Crippen molar-refractivity contribution < 1.29 is 5.11 Å². The molecule has 1 aromatic heterocycles. The molecule has 0 spiro atoms. The Labute approximate surface area is 74.2 Å². The van der Waals surface area contributed by atoms with Crippen molar-refractivity contribution >= 4 is 15.9 Å². The van der Waals surface area contributed by atoms with Crippen LogP contribution in [0, 0.1) is 0 Å². The fourth-order valence-corrected chi connectivity index (χ4v) is 1.82. The molecule has 0 aliphatic heterocycles. The lowest BCUT2D eigenvalue weighted by molar-refractivity contribution is 0.275. The fraction of sp³-hybridized carbons (Fsp3) is 0.571. The minimum atomic E-state index is -0.00553. The normalized spacial score (nSPS) is 10.5. The van der Waals surface area contributed by atoms with Gasteiger partial charge in [-0.25, -0.2) is 0 Å². The molecule has 1 aromatic rings. The molecule has 0 aromatic carbocycles. The van der Waals surface area contributed by atoms with E-state index in [1.165, 1.54) is 0 Å². The zero-order valence-electron chi connectivity index (χ0n) is 6.63. The Morgan fingerprint density at radius 3 is 2.55 bits per heavy atom. The van der Waals surface area contributed by atoms with Crippen LogP contribution in [0.3, 0.4) is 0 Å². The van der Waals surface area contributed by atoms with Gasteiger partial charge in [-0.2, -0.15) is 5.10 Å². The third-order valence-corrected chi connectivity index (χ3v) is 2.57. The topological polar surface area (TPSA) is 38.1 Å². The number of hydrogen-bond donors (Lipinski definition) is 1. The highest BCUT2D eigenvalue weighted by Gasteiger charge is 2.10. The first-order chi connectivity index (χ1) is 5.20. The summed E-state index contributed by atoms with van der Waals surface area (Å²) in [6.07, 6.45) is 0.921. The minimum Gasteiger partial charge on any atom is -0.390 e. The van der Waals surface area contributed by atoms with E-state index < -0.39 is 0 Å². The highest BCUT2D eigenvalue weighted by atomic mass is 79.9. The molecule has 0 atom stereocenters. The summed E-state index contributed by atoms with van der Waals surface area (Å²) in [7, 11) is 1.88. The van der Waals surface area contributed by atoms with Crippen molar-refractivity contribution in [1.29, 1.82) is 0 Å². The molecule has 11 heavy (non-hydrogen) atoms. The van der Waals surface area contributed by atoms with E-state index in [9.17, 15) is 0 Å². The second-order valence-corrected chi connectivity index (χ2v) is 3.14. The summed E-state index contributed by atoms with van der Waals surface area (Å²) in [5.74, 6) is 0. The predicted octanol–water partition coefficient (Wildman–Crippen LogP) is 1.24. The summed E-state index contributed by atoms with van der Waals surface area (Å²) in [6, 6.07) is 0. The lowest BCUT2D eigenvalue weighted by atomic mass is 10.3. The number of aromatic nitrogens is 2. The molecular weight excluding hydrogens is 208 g/mol. The Hall–Kier alpha value is -0.350. The maximum absolute atomic E-state index is 8.85. The highest BCUT2D eigenvalue weighted by Crippen LogP contribution is 2.20. The second-order valence-electron chi connectivity index (χ2n) is 2.34. The average molecular weight is 219 g/mol. The Kier molecular flexibility index (Phi) is 2.67. The van der Waals surface area contributed by atoms with E-state index in [0.29, 0.717) is 5.69 Å². The molecule has 0 unspecified atom stereocenters. The van der Waals surface area contributed by atoms with Crippen LogP contribution in [0.15, 0.2) is 4.47 Å². The summed E-state index contributed by atoms with van der Waals surface area (Å²) in [4.78, 5) is 0.